The smallest absolute Gasteiger partial charge is 0.253 e. The quantitative estimate of drug-likeness (QED) is 0.372. The van der Waals surface area contributed by atoms with Gasteiger partial charge in [-0.15, -0.1) is 11.8 Å². The topological polar surface area (TPSA) is 85.9 Å². The van der Waals surface area contributed by atoms with Crippen LogP contribution >= 0.6 is 11.8 Å². The van der Waals surface area contributed by atoms with Gasteiger partial charge in [0, 0.05) is 11.4 Å². The minimum atomic E-state index is -0.357. The molecule has 3 rings (SSSR count). The van der Waals surface area contributed by atoms with Crippen LogP contribution in [0.1, 0.15) is 22.8 Å². The molecule has 0 saturated carbocycles. The number of hydrogen-bond acceptors (Lipinski definition) is 6. The van der Waals surface area contributed by atoms with Crippen molar-refractivity contribution in [3.05, 3.63) is 77.9 Å². The fraction of sp³-hybridized carbons (Fsp3) is 0.259. The molecule has 3 aromatic carbocycles. The monoisotopic (exact) mass is 494 g/mol. The summed E-state index contributed by atoms with van der Waals surface area (Å²) >= 11 is 1.43. The van der Waals surface area contributed by atoms with E-state index >= 15 is 0 Å². The maximum absolute atomic E-state index is 12.9. The van der Waals surface area contributed by atoms with E-state index in [2.05, 4.69) is 10.6 Å². The van der Waals surface area contributed by atoms with Crippen LogP contribution in [0.2, 0.25) is 0 Å². The Morgan fingerprint density at radius 1 is 0.886 bits per heavy atom. The summed E-state index contributed by atoms with van der Waals surface area (Å²) in [5, 5.41) is 5.46. The third-order valence-electron chi connectivity index (χ3n) is 5.32. The first-order valence-corrected chi connectivity index (χ1v) is 12.0. The highest BCUT2D eigenvalue weighted by Crippen LogP contribution is 2.28. The Balaban J connectivity index is 1.58. The molecule has 0 aliphatic carbocycles. The van der Waals surface area contributed by atoms with Crippen molar-refractivity contribution in [2.24, 2.45) is 0 Å². The predicted molar refractivity (Wildman–Crippen MR) is 139 cm³/mol. The summed E-state index contributed by atoms with van der Waals surface area (Å²) in [6, 6.07) is 20.2. The fourth-order valence-electron chi connectivity index (χ4n) is 3.39. The summed E-state index contributed by atoms with van der Waals surface area (Å²) in [5.41, 5.74) is 1.90. The SMILES string of the molecule is COc1ccc(SC(C)C(=O)Nc2ccccc2C(=O)NCCc2ccc(OC)c(OC)c2)cc1. The number of carbonyl (C=O) groups excluding carboxylic acids is 2. The van der Waals surface area contributed by atoms with Crippen molar-refractivity contribution in [3.8, 4) is 17.2 Å². The van der Waals surface area contributed by atoms with Crippen molar-refractivity contribution >= 4 is 29.3 Å². The van der Waals surface area contributed by atoms with Crippen LogP contribution in [0.25, 0.3) is 0 Å². The lowest BCUT2D eigenvalue weighted by Gasteiger charge is -2.15. The third kappa shape index (κ3) is 7.16. The Kier molecular flexibility index (Phi) is 9.43. The highest BCUT2D eigenvalue weighted by molar-refractivity contribution is 8.00. The lowest BCUT2D eigenvalue weighted by atomic mass is 10.1. The highest BCUT2D eigenvalue weighted by Gasteiger charge is 2.18. The predicted octanol–water partition coefficient (Wildman–Crippen LogP) is 4.80. The standard InChI is InChI=1S/C27H30N2O5S/c1-18(35-21-12-10-20(32-2)11-13-21)26(30)29-23-8-6-5-7-22(23)27(31)28-16-15-19-9-14-24(33-3)25(17-19)34-4/h5-14,17-18H,15-16H2,1-4H3,(H,28,31)(H,29,30). The molecule has 0 saturated heterocycles. The second kappa shape index (κ2) is 12.7. The Labute approximate surface area is 210 Å². The highest BCUT2D eigenvalue weighted by atomic mass is 32.2. The number of carbonyl (C=O) groups is 2. The zero-order chi connectivity index (χ0) is 25.2. The Bertz CT molecular complexity index is 1150. The first kappa shape index (κ1) is 26.0. The molecule has 1 unspecified atom stereocenters. The van der Waals surface area contributed by atoms with Gasteiger partial charge in [0.1, 0.15) is 5.75 Å². The Morgan fingerprint density at radius 3 is 2.29 bits per heavy atom. The van der Waals surface area contributed by atoms with Gasteiger partial charge in [-0.25, -0.2) is 0 Å². The van der Waals surface area contributed by atoms with Gasteiger partial charge >= 0.3 is 0 Å². The zero-order valence-corrected chi connectivity index (χ0v) is 21.1. The summed E-state index contributed by atoms with van der Waals surface area (Å²) in [6.07, 6.45) is 0.621. The summed E-state index contributed by atoms with van der Waals surface area (Å²) in [7, 11) is 4.79. The van der Waals surface area contributed by atoms with E-state index in [1.165, 1.54) is 11.8 Å². The molecule has 7 nitrogen and oxygen atoms in total. The molecule has 0 heterocycles. The number of hydrogen-bond donors (Lipinski definition) is 2. The number of ether oxygens (including phenoxy) is 3. The van der Waals surface area contributed by atoms with Gasteiger partial charge in [-0.05, 0) is 67.4 Å². The maximum atomic E-state index is 12.9. The molecule has 2 amide bonds. The van der Waals surface area contributed by atoms with E-state index in [0.29, 0.717) is 35.7 Å². The summed E-state index contributed by atoms with van der Waals surface area (Å²) < 4.78 is 15.8. The van der Waals surface area contributed by atoms with Crippen molar-refractivity contribution in [1.82, 2.24) is 5.32 Å². The van der Waals surface area contributed by atoms with Crippen molar-refractivity contribution in [1.29, 1.82) is 0 Å². The van der Waals surface area contributed by atoms with Crippen LogP contribution in [0.15, 0.2) is 71.6 Å². The van der Waals surface area contributed by atoms with Gasteiger partial charge in [0.25, 0.3) is 5.91 Å². The van der Waals surface area contributed by atoms with E-state index in [-0.39, 0.29) is 17.1 Å². The minimum absolute atomic E-state index is 0.184. The molecule has 3 aromatic rings. The van der Waals surface area contributed by atoms with Gasteiger partial charge in [-0.3, -0.25) is 9.59 Å². The molecule has 0 aromatic heterocycles. The molecule has 184 valence electrons. The van der Waals surface area contributed by atoms with E-state index in [1.807, 2.05) is 49.4 Å². The molecule has 0 aliphatic rings. The van der Waals surface area contributed by atoms with Crippen LogP contribution in [-0.4, -0.2) is 44.9 Å². The molecule has 1 atom stereocenters. The van der Waals surface area contributed by atoms with Crippen LogP contribution in [0.5, 0.6) is 17.2 Å². The fourth-order valence-corrected chi connectivity index (χ4v) is 4.26. The second-order valence-corrected chi connectivity index (χ2v) is 9.08. The number of nitrogens with one attached hydrogen (secondary N) is 2. The average Bonchev–Trinajstić information content (AvgIpc) is 2.89. The summed E-state index contributed by atoms with van der Waals surface area (Å²) in [5.74, 6) is 1.63. The van der Waals surface area contributed by atoms with Crippen molar-refractivity contribution in [3.63, 3.8) is 0 Å². The lowest BCUT2D eigenvalue weighted by Crippen LogP contribution is -2.28. The van der Waals surface area contributed by atoms with Gasteiger partial charge in [-0.2, -0.15) is 0 Å². The first-order valence-electron chi connectivity index (χ1n) is 11.1. The van der Waals surface area contributed by atoms with Crippen LogP contribution in [-0.2, 0) is 11.2 Å². The van der Waals surface area contributed by atoms with E-state index in [1.54, 1.807) is 45.6 Å². The van der Waals surface area contributed by atoms with Crippen molar-refractivity contribution < 1.29 is 23.8 Å². The van der Waals surface area contributed by atoms with Gasteiger partial charge in [0.05, 0.1) is 37.8 Å². The maximum Gasteiger partial charge on any atom is 0.253 e. The van der Waals surface area contributed by atoms with Gasteiger partial charge < -0.3 is 24.8 Å². The molecule has 2 N–H and O–H groups in total. The van der Waals surface area contributed by atoms with Gasteiger partial charge in [-0.1, -0.05) is 18.2 Å². The molecule has 0 bridgehead atoms. The number of methoxy groups -OCH3 is 3. The molecule has 0 spiro atoms. The summed E-state index contributed by atoms with van der Waals surface area (Å²) in [4.78, 5) is 26.6. The van der Waals surface area contributed by atoms with Crippen LogP contribution in [0.3, 0.4) is 0 Å². The third-order valence-corrected chi connectivity index (χ3v) is 6.43. The Morgan fingerprint density at radius 2 is 1.60 bits per heavy atom. The zero-order valence-electron chi connectivity index (χ0n) is 20.3. The van der Waals surface area contributed by atoms with Crippen LogP contribution in [0, 0.1) is 0 Å². The Hall–Kier alpha value is -3.65. The van der Waals surface area contributed by atoms with Gasteiger partial charge in [0.15, 0.2) is 11.5 Å². The molecule has 35 heavy (non-hydrogen) atoms. The van der Waals surface area contributed by atoms with Crippen LogP contribution in [0.4, 0.5) is 5.69 Å². The number of para-hydroxylation sites is 1. The average molecular weight is 495 g/mol. The van der Waals surface area contributed by atoms with E-state index < -0.39 is 0 Å². The molecular formula is C27H30N2O5S. The molecular weight excluding hydrogens is 464 g/mol. The normalized spacial score (nSPS) is 11.3. The first-order chi connectivity index (χ1) is 16.9. The molecule has 0 aliphatic heterocycles. The van der Waals surface area contributed by atoms with Gasteiger partial charge in [0.2, 0.25) is 5.91 Å². The number of anilines is 1. The van der Waals surface area contributed by atoms with E-state index in [0.717, 1.165) is 16.2 Å². The lowest BCUT2D eigenvalue weighted by molar-refractivity contribution is -0.115. The largest absolute Gasteiger partial charge is 0.497 e. The van der Waals surface area contributed by atoms with E-state index in [4.69, 9.17) is 14.2 Å². The van der Waals surface area contributed by atoms with Crippen molar-refractivity contribution in [2.75, 3.05) is 33.2 Å². The van der Waals surface area contributed by atoms with Crippen LogP contribution < -0.4 is 24.8 Å². The number of amides is 2. The number of rotatable bonds is 11. The summed E-state index contributed by atoms with van der Waals surface area (Å²) in [6.45, 7) is 2.26. The van der Waals surface area contributed by atoms with E-state index in [9.17, 15) is 9.59 Å². The number of benzene rings is 3. The minimum Gasteiger partial charge on any atom is -0.497 e. The number of thioether (sulfide) groups is 1. The molecule has 8 heteroatoms. The second-order valence-electron chi connectivity index (χ2n) is 7.67. The molecule has 0 radical (unpaired) electrons. The van der Waals surface area contributed by atoms with Crippen molar-refractivity contribution in [2.45, 2.75) is 23.5 Å². The molecule has 0 fully saturated rings.